The zero-order valence-corrected chi connectivity index (χ0v) is 18.4. The van der Waals surface area contributed by atoms with Gasteiger partial charge in [0.05, 0.1) is 32.2 Å². The standard InChI is InChI=1S/C21H28N2O5S/c1-14-11-12-20(28-5)18(13-14)23(29(6,25)26)16(3)21(24)22-15(2)17-9-7-8-10-19(17)27-4/h7-13,15-16H,1-6H3,(H,22,24). The molecule has 7 nitrogen and oxygen atoms in total. The molecule has 2 atom stereocenters. The molecule has 2 aromatic carbocycles. The second kappa shape index (κ2) is 9.17. The summed E-state index contributed by atoms with van der Waals surface area (Å²) in [4.78, 5) is 13.0. The van der Waals surface area contributed by atoms with Crippen LogP contribution in [-0.2, 0) is 14.8 Å². The molecule has 8 heteroatoms. The third-order valence-corrected chi connectivity index (χ3v) is 5.85. The van der Waals surface area contributed by atoms with E-state index in [1.165, 1.54) is 7.11 Å². The van der Waals surface area contributed by atoms with Gasteiger partial charge in [-0.05, 0) is 44.5 Å². The molecule has 158 valence electrons. The first-order valence-electron chi connectivity index (χ1n) is 9.17. The second-order valence-electron chi connectivity index (χ2n) is 6.88. The third-order valence-electron chi connectivity index (χ3n) is 4.62. The number of methoxy groups -OCH3 is 2. The molecule has 0 bridgehead atoms. The van der Waals surface area contributed by atoms with E-state index in [4.69, 9.17) is 9.47 Å². The van der Waals surface area contributed by atoms with Crippen LogP contribution in [0.25, 0.3) is 0 Å². The van der Waals surface area contributed by atoms with Gasteiger partial charge < -0.3 is 14.8 Å². The van der Waals surface area contributed by atoms with Gasteiger partial charge in [-0.3, -0.25) is 9.10 Å². The molecule has 29 heavy (non-hydrogen) atoms. The molecule has 2 unspecified atom stereocenters. The summed E-state index contributed by atoms with van der Waals surface area (Å²) in [6.45, 7) is 5.21. The maximum absolute atomic E-state index is 13.0. The fourth-order valence-electron chi connectivity index (χ4n) is 3.19. The van der Waals surface area contributed by atoms with Gasteiger partial charge in [-0.25, -0.2) is 8.42 Å². The summed E-state index contributed by atoms with van der Waals surface area (Å²) in [5, 5.41) is 2.88. The quantitative estimate of drug-likeness (QED) is 0.710. The van der Waals surface area contributed by atoms with Crippen LogP contribution in [0.15, 0.2) is 42.5 Å². The smallest absolute Gasteiger partial charge is 0.244 e. The number of rotatable bonds is 8. The number of hydrogen-bond acceptors (Lipinski definition) is 5. The molecule has 0 fully saturated rings. The average molecular weight is 421 g/mol. The molecule has 0 spiro atoms. The van der Waals surface area contributed by atoms with Crippen LogP contribution >= 0.6 is 0 Å². The predicted octanol–water partition coefficient (Wildman–Crippen LogP) is 3.04. The predicted molar refractivity (Wildman–Crippen MR) is 114 cm³/mol. The van der Waals surface area contributed by atoms with Crippen molar-refractivity contribution in [3.05, 3.63) is 53.6 Å². The van der Waals surface area contributed by atoms with Crippen molar-refractivity contribution in [2.24, 2.45) is 0 Å². The zero-order chi connectivity index (χ0) is 21.8. The normalized spacial score (nSPS) is 13.3. The van der Waals surface area contributed by atoms with E-state index in [2.05, 4.69) is 5.32 Å². The number of benzene rings is 2. The van der Waals surface area contributed by atoms with Gasteiger partial charge in [0.1, 0.15) is 17.5 Å². The van der Waals surface area contributed by atoms with Crippen LogP contribution in [-0.4, -0.2) is 40.8 Å². The molecule has 0 saturated carbocycles. The number of sulfonamides is 1. The Morgan fingerprint density at radius 3 is 2.24 bits per heavy atom. The maximum atomic E-state index is 13.0. The first-order valence-corrected chi connectivity index (χ1v) is 11.0. The van der Waals surface area contributed by atoms with Gasteiger partial charge in [-0.1, -0.05) is 24.3 Å². The molecule has 0 aromatic heterocycles. The van der Waals surface area contributed by atoms with Crippen molar-refractivity contribution < 1.29 is 22.7 Å². The number of amides is 1. The van der Waals surface area contributed by atoms with Crippen molar-refractivity contribution in [2.45, 2.75) is 32.9 Å². The second-order valence-corrected chi connectivity index (χ2v) is 8.74. The number of nitrogens with zero attached hydrogens (tertiary/aromatic N) is 1. The number of aryl methyl sites for hydroxylation is 1. The van der Waals surface area contributed by atoms with Crippen molar-refractivity contribution in [2.75, 3.05) is 24.8 Å². The summed E-state index contributed by atoms with van der Waals surface area (Å²) in [5.41, 5.74) is 1.97. The molecule has 0 heterocycles. The van der Waals surface area contributed by atoms with Crippen LogP contribution < -0.4 is 19.1 Å². The molecule has 0 aliphatic carbocycles. The minimum atomic E-state index is -3.76. The molecule has 0 saturated heterocycles. The minimum Gasteiger partial charge on any atom is -0.496 e. The fourth-order valence-corrected chi connectivity index (χ4v) is 4.36. The Balaban J connectivity index is 2.36. The highest BCUT2D eigenvalue weighted by Gasteiger charge is 2.32. The minimum absolute atomic E-state index is 0.322. The molecule has 0 aliphatic heterocycles. The molecule has 2 aromatic rings. The summed E-state index contributed by atoms with van der Waals surface area (Å²) in [7, 11) is -0.735. The monoisotopic (exact) mass is 420 g/mol. The lowest BCUT2D eigenvalue weighted by atomic mass is 10.1. The Morgan fingerprint density at radius 1 is 1.03 bits per heavy atom. The first kappa shape index (κ1) is 22.5. The highest BCUT2D eigenvalue weighted by atomic mass is 32.2. The van der Waals surface area contributed by atoms with E-state index >= 15 is 0 Å². The fraction of sp³-hybridized carbons (Fsp3) is 0.381. The molecule has 0 radical (unpaired) electrons. The Kier molecular flexibility index (Phi) is 7.13. The highest BCUT2D eigenvalue weighted by Crippen LogP contribution is 2.33. The van der Waals surface area contributed by atoms with Gasteiger partial charge in [0.2, 0.25) is 15.9 Å². The number of carbonyl (C=O) groups excluding carboxylic acids is 1. The van der Waals surface area contributed by atoms with Crippen LogP contribution in [0.2, 0.25) is 0 Å². The summed E-state index contributed by atoms with van der Waals surface area (Å²) < 4.78 is 36.9. The van der Waals surface area contributed by atoms with Crippen molar-refractivity contribution in [3.8, 4) is 11.5 Å². The number of ether oxygens (including phenoxy) is 2. The largest absolute Gasteiger partial charge is 0.496 e. The molecule has 2 rings (SSSR count). The summed E-state index contributed by atoms with van der Waals surface area (Å²) in [6.07, 6.45) is 1.07. The van der Waals surface area contributed by atoms with Crippen LogP contribution in [0.1, 0.15) is 31.0 Å². The Bertz CT molecular complexity index is 975. The molecule has 0 aliphatic rings. The van der Waals surface area contributed by atoms with E-state index in [9.17, 15) is 13.2 Å². The number of hydrogen-bond donors (Lipinski definition) is 1. The van der Waals surface area contributed by atoms with Crippen molar-refractivity contribution in [3.63, 3.8) is 0 Å². The number of carbonyl (C=O) groups is 1. The first-order chi connectivity index (χ1) is 13.6. The topological polar surface area (TPSA) is 84.9 Å². The lowest BCUT2D eigenvalue weighted by Gasteiger charge is -2.30. The van der Waals surface area contributed by atoms with Crippen molar-refractivity contribution >= 4 is 21.6 Å². The van der Waals surface area contributed by atoms with E-state index in [-0.39, 0.29) is 6.04 Å². The number of anilines is 1. The van der Waals surface area contributed by atoms with E-state index in [0.717, 1.165) is 21.7 Å². The number of nitrogens with one attached hydrogen (secondary N) is 1. The lowest BCUT2D eigenvalue weighted by molar-refractivity contribution is -0.122. The van der Waals surface area contributed by atoms with Crippen LogP contribution in [0.5, 0.6) is 11.5 Å². The van der Waals surface area contributed by atoms with Gasteiger partial charge in [-0.2, -0.15) is 0 Å². The van der Waals surface area contributed by atoms with Gasteiger partial charge in [0.25, 0.3) is 0 Å². The summed E-state index contributed by atoms with van der Waals surface area (Å²) in [5.74, 6) is 0.587. The van der Waals surface area contributed by atoms with Crippen LogP contribution in [0.4, 0.5) is 5.69 Å². The van der Waals surface area contributed by atoms with Crippen LogP contribution in [0.3, 0.4) is 0 Å². The van der Waals surface area contributed by atoms with Crippen molar-refractivity contribution in [1.82, 2.24) is 5.32 Å². The van der Waals surface area contributed by atoms with Gasteiger partial charge in [0.15, 0.2) is 0 Å². The van der Waals surface area contributed by atoms with E-state index in [1.54, 1.807) is 26.2 Å². The molecular formula is C21H28N2O5S. The number of para-hydroxylation sites is 1. The average Bonchev–Trinajstić information content (AvgIpc) is 2.67. The van der Waals surface area contributed by atoms with Gasteiger partial charge >= 0.3 is 0 Å². The maximum Gasteiger partial charge on any atom is 0.244 e. The lowest BCUT2D eigenvalue weighted by Crippen LogP contribution is -2.48. The summed E-state index contributed by atoms with van der Waals surface area (Å²) >= 11 is 0. The van der Waals surface area contributed by atoms with E-state index in [0.29, 0.717) is 17.2 Å². The Labute approximate surface area is 172 Å². The third kappa shape index (κ3) is 5.20. The van der Waals surface area contributed by atoms with E-state index in [1.807, 2.05) is 44.2 Å². The zero-order valence-electron chi connectivity index (χ0n) is 17.6. The Morgan fingerprint density at radius 2 is 1.66 bits per heavy atom. The van der Waals surface area contributed by atoms with Crippen molar-refractivity contribution in [1.29, 1.82) is 0 Å². The SMILES string of the molecule is COc1ccccc1C(C)NC(=O)C(C)N(c1cc(C)ccc1OC)S(C)(=O)=O. The summed E-state index contributed by atoms with van der Waals surface area (Å²) in [6, 6.07) is 11.2. The highest BCUT2D eigenvalue weighted by molar-refractivity contribution is 7.92. The van der Waals surface area contributed by atoms with Gasteiger partial charge in [-0.15, -0.1) is 0 Å². The Hall–Kier alpha value is -2.74. The van der Waals surface area contributed by atoms with Crippen LogP contribution in [0, 0.1) is 6.92 Å². The molecular weight excluding hydrogens is 392 g/mol. The van der Waals surface area contributed by atoms with E-state index < -0.39 is 22.0 Å². The molecule has 1 amide bonds. The van der Waals surface area contributed by atoms with Gasteiger partial charge in [0, 0.05) is 5.56 Å². The molecule has 1 N–H and O–H groups in total.